The molecule has 0 fully saturated rings. The second-order valence-corrected chi connectivity index (χ2v) is 10.8. The number of rotatable bonds is 1. The van der Waals surface area contributed by atoms with Crippen LogP contribution >= 0.6 is 0 Å². The van der Waals surface area contributed by atoms with Gasteiger partial charge in [0, 0.05) is 21.9 Å². The van der Waals surface area contributed by atoms with E-state index in [9.17, 15) is 0 Å². The molecule has 0 aliphatic heterocycles. The molecule has 0 bridgehead atoms. The van der Waals surface area contributed by atoms with Crippen molar-refractivity contribution in [2.24, 2.45) is 0 Å². The molecule has 0 saturated heterocycles. The van der Waals surface area contributed by atoms with E-state index in [0.717, 1.165) is 22.3 Å². The number of hydrogen-bond donors (Lipinski definition) is 0. The minimum Gasteiger partial charge on any atom is -0.497 e. The van der Waals surface area contributed by atoms with Gasteiger partial charge in [0.2, 0.25) is 0 Å². The predicted molar refractivity (Wildman–Crippen MR) is 116 cm³/mol. The van der Waals surface area contributed by atoms with E-state index in [-0.39, 0.29) is 16.2 Å². The van der Waals surface area contributed by atoms with Crippen LogP contribution in [0.15, 0.2) is 28.7 Å². The lowest BCUT2D eigenvalue weighted by molar-refractivity contribution is 0.413. The molecule has 0 unspecified atom stereocenters. The lowest BCUT2D eigenvalue weighted by Crippen LogP contribution is -2.16. The Morgan fingerprint density at radius 1 is 0.630 bits per heavy atom. The summed E-state index contributed by atoms with van der Waals surface area (Å²) in [7, 11) is 1.73. The number of furan rings is 1. The van der Waals surface area contributed by atoms with Crippen molar-refractivity contribution in [1.82, 2.24) is 0 Å². The maximum atomic E-state index is 6.58. The summed E-state index contributed by atoms with van der Waals surface area (Å²) in [4.78, 5) is 0. The van der Waals surface area contributed by atoms with E-state index in [0.29, 0.717) is 0 Å². The summed E-state index contributed by atoms with van der Waals surface area (Å²) < 4.78 is 12.2. The molecule has 1 aromatic heterocycles. The van der Waals surface area contributed by atoms with Crippen LogP contribution in [0.5, 0.6) is 5.75 Å². The van der Waals surface area contributed by atoms with E-state index in [4.69, 9.17) is 9.15 Å². The minimum atomic E-state index is -0.0323. The fraction of sp³-hybridized carbons (Fsp3) is 0.520. The zero-order valence-electron chi connectivity index (χ0n) is 18.6. The van der Waals surface area contributed by atoms with Gasteiger partial charge in [-0.3, -0.25) is 0 Å². The van der Waals surface area contributed by atoms with Gasteiger partial charge in [0.1, 0.15) is 16.9 Å². The molecule has 0 amide bonds. The third kappa shape index (κ3) is 3.47. The zero-order chi connectivity index (χ0) is 20.4. The summed E-state index contributed by atoms with van der Waals surface area (Å²) in [6.07, 6.45) is 0. The average molecular weight is 367 g/mol. The molecule has 2 aromatic carbocycles. The fourth-order valence-electron chi connectivity index (χ4n) is 3.62. The first-order valence-electron chi connectivity index (χ1n) is 9.83. The Morgan fingerprint density at radius 3 is 1.56 bits per heavy atom. The van der Waals surface area contributed by atoms with Crippen LogP contribution in [0, 0.1) is 0 Å². The second-order valence-electron chi connectivity index (χ2n) is 10.8. The molecule has 27 heavy (non-hydrogen) atoms. The third-order valence-corrected chi connectivity index (χ3v) is 5.36. The summed E-state index contributed by atoms with van der Waals surface area (Å²) in [6.45, 7) is 20.2. The Morgan fingerprint density at radius 2 is 1.11 bits per heavy atom. The molecule has 0 radical (unpaired) electrons. The normalized spacial score (nSPS) is 13.6. The van der Waals surface area contributed by atoms with Crippen molar-refractivity contribution in [1.29, 1.82) is 0 Å². The molecule has 2 nitrogen and oxygen atoms in total. The largest absolute Gasteiger partial charge is 0.497 e. The highest BCUT2D eigenvalue weighted by Gasteiger charge is 2.28. The van der Waals surface area contributed by atoms with Gasteiger partial charge in [0.05, 0.1) is 7.11 Å². The molecular weight excluding hydrogens is 332 g/mol. The van der Waals surface area contributed by atoms with Crippen molar-refractivity contribution < 1.29 is 9.15 Å². The van der Waals surface area contributed by atoms with Crippen molar-refractivity contribution >= 4 is 21.9 Å². The van der Waals surface area contributed by atoms with Gasteiger partial charge in [0.15, 0.2) is 0 Å². The Balaban J connectivity index is 2.55. The van der Waals surface area contributed by atoms with E-state index in [1.807, 2.05) is 0 Å². The molecule has 0 spiro atoms. The molecule has 0 aliphatic carbocycles. The summed E-state index contributed by atoms with van der Waals surface area (Å²) in [6, 6.07) is 8.88. The van der Waals surface area contributed by atoms with E-state index < -0.39 is 0 Å². The van der Waals surface area contributed by atoms with Gasteiger partial charge < -0.3 is 9.15 Å². The van der Waals surface area contributed by atoms with Gasteiger partial charge >= 0.3 is 0 Å². The van der Waals surface area contributed by atoms with E-state index >= 15 is 0 Å². The molecule has 3 rings (SSSR count). The average Bonchev–Trinajstić information content (AvgIpc) is 2.88. The summed E-state index contributed by atoms with van der Waals surface area (Å²) >= 11 is 0. The molecule has 1 heterocycles. The molecule has 0 atom stereocenters. The van der Waals surface area contributed by atoms with Crippen molar-refractivity contribution in [2.45, 2.75) is 78.6 Å². The second kappa shape index (κ2) is 6.02. The number of hydrogen-bond acceptors (Lipinski definition) is 2. The first-order chi connectivity index (χ1) is 12.2. The van der Waals surface area contributed by atoms with Crippen LogP contribution in [0.4, 0.5) is 0 Å². The first-order valence-corrected chi connectivity index (χ1v) is 9.83. The minimum absolute atomic E-state index is 0.000627. The van der Waals surface area contributed by atoms with Gasteiger partial charge in [-0.15, -0.1) is 0 Å². The van der Waals surface area contributed by atoms with Crippen molar-refractivity contribution in [3.8, 4) is 5.75 Å². The highest BCUT2D eigenvalue weighted by Crippen LogP contribution is 2.43. The highest BCUT2D eigenvalue weighted by atomic mass is 16.5. The Kier molecular flexibility index (Phi) is 4.41. The van der Waals surface area contributed by atoms with Crippen LogP contribution < -0.4 is 4.74 Å². The monoisotopic (exact) mass is 366 g/mol. The van der Waals surface area contributed by atoms with Crippen LogP contribution in [-0.4, -0.2) is 7.11 Å². The van der Waals surface area contributed by atoms with Crippen molar-refractivity contribution in [3.05, 3.63) is 41.0 Å². The molecule has 3 aromatic rings. The molecule has 0 N–H and O–H groups in total. The van der Waals surface area contributed by atoms with E-state index in [1.54, 1.807) is 7.11 Å². The number of methoxy groups -OCH3 is 1. The summed E-state index contributed by atoms with van der Waals surface area (Å²) in [5.74, 6) is 0.883. The predicted octanol–water partition coefficient (Wildman–Crippen LogP) is 7.49. The van der Waals surface area contributed by atoms with E-state index in [2.05, 4.69) is 86.6 Å². The topological polar surface area (TPSA) is 22.4 Å². The number of benzene rings is 2. The van der Waals surface area contributed by atoms with Crippen LogP contribution in [0.25, 0.3) is 21.9 Å². The summed E-state index contributed by atoms with van der Waals surface area (Å²) in [5, 5.41) is 2.33. The van der Waals surface area contributed by atoms with Crippen LogP contribution in [0.1, 0.15) is 79.0 Å². The van der Waals surface area contributed by atoms with Crippen molar-refractivity contribution in [3.63, 3.8) is 0 Å². The lowest BCUT2D eigenvalue weighted by atomic mass is 9.79. The molecule has 0 saturated carbocycles. The van der Waals surface area contributed by atoms with Crippen LogP contribution in [-0.2, 0) is 16.2 Å². The molecule has 146 valence electrons. The third-order valence-electron chi connectivity index (χ3n) is 5.36. The quantitative estimate of drug-likeness (QED) is 0.445. The first kappa shape index (κ1) is 19.8. The maximum absolute atomic E-state index is 6.58. The fourth-order valence-corrected chi connectivity index (χ4v) is 3.62. The van der Waals surface area contributed by atoms with Gasteiger partial charge in [-0.1, -0.05) is 68.4 Å². The van der Waals surface area contributed by atoms with Gasteiger partial charge in [-0.2, -0.15) is 0 Å². The van der Waals surface area contributed by atoms with E-state index in [1.165, 1.54) is 22.1 Å². The zero-order valence-corrected chi connectivity index (χ0v) is 18.6. The van der Waals surface area contributed by atoms with Crippen molar-refractivity contribution in [2.75, 3.05) is 7.11 Å². The molecular formula is C25H34O2. The highest BCUT2D eigenvalue weighted by molar-refractivity contribution is 6.08. The van der Waals surface area contributed by atoms with Crippen LogP contribution in [0.2, 0.25) is 0 Å². The maximum Gasteiger partial charge on any atom is 0.139 e. The lowest BCUT2D eigenvalue weighted by Gasteiger charge is -2.25. The molecule has 2 heteroatoms. The Bertz CT molecular complexity index is 999. The Labute approximate surface area is 163 Å². The number of fused-ring (bicyclic) bond motifs is 3. The smallest absolute Gasteiger partial charge is 0.139 e. The SMILES string of the molecule is COc1cc(C(C)(C)C)c2oc3c(C(C)(C)C)cc(C(C)(C)C)cc3c2c1. The van der Waals surface area contributed by atoms with Crippen LogP contribution in [0.3, 0.4) is 0 Å². The Hall–Kier alpha value is -1.96. The molecule has 0 aliphatic rings. The van der Waals surface area contributed by atoms with Gasteiger partial charge in [-0.05, 0) is 40.0 Å². The summed E-state index contributed by atoms with van der Waals surface area (Å²) in [5.41, 5.74) is 5.81. The standard InChI is InChI=1S/C25H34O2/c1-23(2,3)15-11-17-18-13-16(26-10)14-20(25(7,8)9)22(18)27-21(17)19(12-15)24(4,5)6/h11-14H,1-10H3. The van der Waals surface area contributed by atoms with Gasteiger partial charge in [0.25, 0.3) is 0 Å². The van der Waals surface area contributed by atoms with Gasteiger partial charge in [-0.25, -0.2) is 0 Å². The number of ether oxygens (including phenoxy) is 1.